The standard InChI is InChI=1S/C12H17NO/c1-10-5-4-6-11(9-10)13-8-3-2-7-12(13)14/h4-6,9,12,14H,2-3,7-8H2,1H3/t12-/m0/s1. The molecule has 1 aromatic rings. The summed E-state index contributed by atoms with van der Waals surface area (Å²) in [6, 6.07) is 8.34. The summed E-state index contributed by atoms with van der Waals surface area (Å²) in [6.45, 7) is 3.06. The third-order valence-corrected chi connectivity index (χ3v) is 2.80. The Kier molecular flexibility index (Phi) is 2.73. The van der Waals surface area contributed by atoms with Gasteiger partial charge >= 0.3 is 0 Å². The molecule has 14 heavy (non-hydrogen) atoms. The molecule has 0 amide bonds. The second kappa shape index (κ2) is 4.01. The Hall–Kier alpha value is -1.02. The molecule has 0 bridgehead atoms. The Labute approximate surface area is 85.2 Å². The number of aryl methyl sites for hydroxylation is 1. The zero-order valence-corrected chi connectivity index (χ0v) is 8.61. The summed E-state index contributed by atoms with van der Waals surface area (Å²) in [5.74, 6) is 0. The molecule has 0 spiro atoms. The Morgan fingerprint density at radius 2 is 2.21 bits per heavy atom. The van der Waals surface area contributed by atoms with Crippen LogP contribution in [0.3, 0.4) is 0 Å². The fraction of sp³-hybridized carbons (Fsp3) is 0.500. The van der Waals surface area contributed by atoms with Gasteiger partial charge in [0.2, 0.25) is 0 Å². The highest BCUT2D eigenvalue weighted by Gasteiger charge is 2.19. The number of rotatable bonds is 1. The molecule has 1 heterocycles. The van der Waals surface area contributed by atoms with Crippen molar-refractivity contribution in [3.05, 3.63) is 29.8 Å². The summed E-state index contributed by atoms with van der Waals surface area (Å²) in [5.41, 5.74) is 2.40. The molecule has 1 aromatic carbocycles. The van der Waals surface area contributed by atoms with Crippen molar-refractivity contribution in [3.8, 4) is 0 Å². The van der Waals surface area contributed by atoms with Crippen molar-refractivity contribution in [2.75, 3.05) is 11.4 Å². The number of piperidine rings is 1. The SMILES string of the molecule is Cc1cccc(N2CCCC[C@@H]2O)c1. The van der Waals surface area contributed by atoms with Gasteiger partial charge in [-0.2, -0.15) is 0 Å². The highest BCUT2D eigenvalue weighted by molar-refractivity contribution is 5.49. The summed E-state index contributed by atoms with van der Waals surface area (Å²) >= 11 is 0. The molecular weight excluding hydrogens is 174 g/mol. The highest BCUT2D eigenvalue weighted by atomic mass is 16.3. The van der Waals surface area contributed by atoms with Crippen LogP contribution >= 0.6 is 0 Å². The van der Waals surface area contributed by atoms with Crippen LogP contribution in [-0.2, 0) is 0 Å². The summed E-state index contributed by atoms with van der Waals surface area (Å²) < 4.78 is 0. The van der Waals surface area contributed by atoms with Crippen molar-refractivity contribution in [2.45, 2.75) is 32.4 Å². The van der Waals surface area contributed by atoms with Crippen molar-refractivity contribution in [2.24, 2.45) is 0 Å². The van der Waals surface area contributed by atoms with E-state index in [1.165, 1.54) is 12.0 Å². The van der Waals surface area contributed by atoms with Crippen LogP contribution in [0.5, 0.6) is 0 Å². The van der Waals surface area contributed by atoms with E-state index in [2.05, 4.69) is 30.0 Å². The monoisotopic (exact) mass is 191 g/mol. The van der Waals surface area contributed by atoms with Gasteiger partial charge < -0.3 is 10.0 Å². The minimum Gasteiger partial charge on any atom is -0.374 e. The lowest BCUT2D eigenvalue weighted by atomic mass is 10.1. The summed E-state index contributed by atoms with van der Waals surface area (Å²) in [7, 11) is 0. The molecule has 0 aromatic heterocycles. The zero-order valence-electron chi connectivity index (χ0n) is 8.61. The van der Waals surface area contributed by atoms with Gasteiger partial charge in [-0.05, 0) is 43.9 Å². The molecule has 1 N–H and O–H groups in total. The minimum atomic E-state index is -0.287. The van der Waals surface area contributed by atoms with Crippen LogP contribution in [0.4, 0.5) is 5.69 Å². The van der Waals surface area contributed by atoms with E-state index >= 15 is 0 Å². The maximum absolute atomic E-state index is 9.84. The van der Waals surface area contributed by atoms with Crippen LogP contribution in [0.2, 0.25) is 0 Å². The van der Waals surface area contributed by atoms with Crippen LogP contribution in [0.15, 0.2) is 24.3 Å². The molecule has 2 nitrogen and oxygen atoms in total. The molecule has 1 atom stereocenters. The largest absolute Gasteiger partial charge is 0.374 e. The number of aliphatic hydroxyl groups is 1. The molecule has 1 aliphatic rings. The van der Waals surface area contributed by atoms with Crippen molar-refractivity contribution < 1.29 is 5.11 Å². The summed E-state index contributed by atoms with van der Waals surface area (Å²) in [4.78, 5) is 2.09. The van der Waals surface area contributed by atoms with Crippen LogP contribution in [0, 0.1) is 6.92 Å². The number of aliphatic hydroxyl groups excluding tert-OH is 1. The fourth-order valence-corrected chi connectivity index (χ4v) is 2.02. The van der Waals surface area contributed by atoms with Crippen molar-refractivity contribution in [1.29, 1.82) is 0 Å². The van der Waals surface area contributed by atoms with E-state index in [0.29, 0.717) is 0 Å². The van der Waals surface area contributed by atoms with E-state index in [0.717, 1.165) is 25.1 Å². The van der Waals surface area contributed by atoms with Gasteiger partial charge in [-0.3, -0.25) is 0 Å². The van der Waals surface area contributed by atoms with E-state index in [1.54, 1.807) is 0 Å². The molecule has 2 rings (SSSR count). The van der Waals surface area contributed by atoms with E-state index in [1.807, 2.05) is 6.07 Å². The lowest BCUT2D eigenvalue weighted by molar-refractivity contribution is 0.140. The molecule has 0 radical (unpaired) electrons. The Balaban J connectivity index is 2.20. The first-order valence-electron chi connectivity index (χ1n) is 5.29. The third-order valence-electron chi connectivity index (χ3n) is 2.80. The number of anilines is 1. The van der Waals surface area contributed by atoms with E-state index in [9.17, 15) is 5.11 Å². The second-order valence-corrected chi connectivity index (χ2v) is 4.01. The molecule has 1 aliphatic heterocycles. The summed E-state index contributed by atoms with van der Waals surface area (Å²) in [5, 5.41) is 9.84. The third kappa shape index (κ3) is 1.90. The lowest BCUT2D eigenvalue weighted by Crippen LogP contribution is -2.39. The molecule has 0 saturated carbocycles. The Bertz CT molecular complexity index is 311. The van der Waals surface area contributed by atoms with Crippen molar-refractivity contribution in [3.63, 3.8) is 0 Å². The van der Waals surface area contributed by atoms with Gasteiger partial charge in [0.15, 0.2) is 0 Å². The van der Waals surface area contributed by atoms with Crippen LogP contribution in [-0.4, -0.2) is 17.9 Å². The van der Waals surface area contributed by atoms with Gasteiger partial charge in [-0.1, -0.05) is 12.1 Å². The smallest absolute Gasteiger partial charge is 0.126 e. The first-order chi connectivity index (χ1) is 6.77. The minimum absolute atomic E-state index is 0.287. The van der Waals surface area contributed by atoms with E-state index in [4.69, 9.17) is 0 Å². The number of benzene rings is 1. The maximum atomic E-state index is 9.84. The van der Waals surface area contributed by atoms with Gasteiger partial charge in [0.05, 0.1) is 0 Å². The summed E-state index contributed by atoms with van der Waals surface area (Å²) in [6.07, 6.45) is 2.94. The molecular formula is C12H17NO. The van der Waals surface area contributed by atoms with Gasteiger partial charge in [0, 0.05) is 12.2 Å². The Morgan fingerprint density at radius 1 is 1.36 bits per heavy atom. The number of hydrogen-bond acceptors (Lipinski definition) is 2. The van der Waals surface area contributed by atoms with E-state index < -0.39 is 0 Å². The Morgan fingerprint density at radius 3 is 2.93 bits per heavy atom. The van der Waals surface area contributed by atoms with Gasteiger partial charge in [-0.15, -0.1) is 0 Å². The van der Waals surface area contributed by atoms with Crippen LogP contribution < -0.4 is 4.90 Å². The molecule has 0 unspecified atom stereocenters. The molecule has 1 saturated heterocycles. The quantitative estimate of drug-likeness (QED) is 0.736. The highest BCUT2D eigenvalue weighted by Crippen LogP contribution is 2.23. The first-order valence-corrected chi connectivity index (χ1v) is 5.29. The average Bonchev–Trinajstić information content (AvgIpc) is 2.18. The van der Waals surface area contributed by atoms with Gasteiger partial charge in [-0.25, -0.2) is 0 Å². The zero-order chi connectivity index (χ0) is 9.97. The number of hydrogen-bond donors (Lipinski definition) is 1. The molecule has 2 heteroatoms. The predicted molar refractivity (Wildman–Crippen MR) is 58.4 cm³/mol. The lowest BCUT2D eigenvalue weighted by Gasteiger charge is -2.34. The van der Waals surface area contributed by atoms with E-state index in [-0.39, 0.29) is 6.23 Å². The number of nitrogens with zero attached hydrogens (tertiary/aromatic N) is 1. The first kappa shape index (κ1) is 9.53. The molecule has 0 aliphatic carbocycles. The maximum Gasteiger partial charge on any atom is 0.126 e. The fourth-order valence-electron chi connectivity index (χ4n) is 2.02. The molecule has 1 fully saturated rings. The van der Waals surface area contributed by atoms with Gasteiger partial charge in [0.1, 0.15) is 6.23 Å². The second-order valence-electron chi connectivity index (χ2n) is 4.01. The van der Waals surface area contributed by atoms with Crippen LogP contribution in [0.25, 0.3) is 0 Å². The predicted octanol–water partition coefficient (Wildman–Crippen LogP) is 2.30. The van der Waals surface area contributed by atoms with Crippen molar-refractivity contribution in [1.82, 2.24) is 0 Å². The van der Waals surface area contributed by atoms with Crippen LogP contribution in [0.1, 0.15) is 24.8 Å². The van der Waals surface area contributed by atoms with Crippen molar-refractivity contribution >= 4 is 5.69 Å². The van der Waals surface area contributed by atoms with Gasteiger partial charge in [0.25, 0.3) is 0 Å². The normalized spacial score (nSPS) is 22.4. The average molecular weight is 191 g/mol. The molecule has 76 valence electrons. The topological polar surface area (TPSA) is 23.5 Å².